The number of benzene rings is 4. The average Bonchev–Trinajstić information content (AvgIpc) is 2.93. The Morgan fingerprint density at radius 2 is 1.51 bits per heavy atom. The highest BCUT2D eigenvalue weighted by molar-refractivity contribution is 6.20. The van der Waals surface area contributed by atoms with E-state index in [2.05, 4.69) is 11.0 Å². The Morgan fingerprint density at radius 1 is 0.800 bits per heavy atom. The minimum atomic E-state index is 0.00693. The van der Waals surface area contributed by atoms with E-state index >= 15 is 0 Å². The van der Waals surface area contributed by atoms with Crippen LogP contribution >= 0.6 is 0 Å². The Bertz CT molecular complexity index is 1290. The molecule has 0 radical (unpaired) electrons. The number of rotatable bonds is 8. The van der Waals surface area contributed by atoms with E-state index in [-0.39, 0.29) is 5.78 Å². The van der Waals surface area contributed by atoms with Crippen LogP contribution in [0.25, 0.3) is 21.9 Å². The second kappa shape index (κ2) is 10.7. The number of ketones is 1. The van der Waals surface area contributed by atoms with Crippen molar-refractivity contribution in [3.8, 4) is 22.6 Å². The summed E-state index contributed by atoms with van der Waals surface area (Å²) in [6.45, 7) is 3.94. The van der Waals surface area contributed by atoms with Crippen molar-refractivity contribution in [3.05, 3.63) is 96.1 Å². The highest BCUT2D eigenvalue weighted by Crippen LogP contribution is 2.33. The zero-order valence-corrected chi connectivity index (χ0v) is 20.2. The van der Waals surface area contributed by atoms with Crippen LogP contribution < -0.4 is 9.47 Å². The normalized spacial score (nSPS) is 14.1. The molecule has 4 heteroatoms. The van der Waals surface area contributed by atoms with Gasteiger partial charge in [0, 0.05) is 17.7 Å². The molecule has 178 valence electrons. The summed E-state index contributed by atoms with van der Waals surface area (Å²) in [6.07, 6.45) is 3.90. The number of fused-ring (bicyclic) bond motifs is 1. The van der Waals surface area contributed by atoms with Crippen molar-refractivity contribution in [1.29, 1.82) is 0 Å². The van der Waals surface area contributed by atoms with Gasteiger partial charge in [-0.1, -0.05) is 55.0 Å². The number of hydrogen-bond donors (Lipinski definition) is 0. The number of carbonyl (C=O) groups excluding carboxylic acids is 1. The van der Waals surface area contributed by atoms with Gasteiger partial charge in [-0.25, -0.2) is 0 Å². The van der Waals surface area contributed by atoms with Gasteiger partial charge >= 0.3 is 0 Å². The maximum Gasteiger partial charge on any atom is 0.194 e. The molecule has 5 rings (SSSR count). The van der Waals surface area contributed by atoms with Crippen molar-refractivity contribution in [2.45, 2.75) is 19.3 Å². The fourth-order valence-electron chi connectivity index (χ4n) is 4.85. The topological polar surface area (TPSA) is 38.8 Å². The Balaban J connectivity index is 1.40. The number of piperidine rings is 1. The molecule has 35 heavy (non-hydrogen) atoms. The fourth-order valence-corrected chi connectivity index (χ4v) is 4.85. The van der Waals surface area contributed by atoms with Crippen LogP contribution in [-0.2, 0) is 0 Å². The van der Waals surface area contributed by atoms with Gasteiger partial charge in [0.2, 0.25) is 0 Å². The van der Waals surface area contributed by atoms with Crippen LogP contribution in [-0.4, -0.2) is 44.0 Å². The van der Waals surface area contributed by atoms with E-state index in [9.17, 15) is 4.79 Å². The van der Waals surface area contributed by atoms with E-state index in [4.69, 9.17) is 9.47 Å². The van der Waals surface area contributed by atoms with Crippen molar-refractivity contribution >= 4 is 16.6 Å². The molecule has 0 atom stereocenters. The van der Waals surface area contributed by atoms with Crippen LogP contribution in [0.15, 0.2) is 84.9 Å². The van der Waals surface area contributed by atoms with Gasteiger partial charge in [-0.15, -0.1) is 0 Å². The highest BCUT2D eigenvalue weighted by Gasteiger charge is 2.19. The Kier molecular flexibility index (Phi) is 7.10. The van der Waals surface area contributed by atoms with Crippen molar-refractivity contribution in [1.82, 2.24) is 4.90 Å². The number of ether oxygens (including phenoxy) is 2. The summed E-state index contributed by atoms with van der Waals surface area (Å²) in [6, 6.07) is 27.6. The lowest BCUT2D eigenvalue weighted by atomic mass is 9.89. The predicted molar refractivity (Wildman–Crippen MR) is 142 cm³/mol. The molecule has 4 aromatic rings. The summed E-state index contributed by atoms with van der Waals surface area (Å²) in [5.41, 5.74) is 3.27. The summed E-state index contributed by atoms with van der Waals surface area (Å²) in [4.78, 5) is 16.3. The minimum Gasteiger partial charge on any atom is -0.497 e. The third-order valence-electron chi connectivity index (χ3n) is 6.80. The molecular weight excluding hydrogens is 434 g/mol. The Morgan fingerprint density at radius 3 is 2.26 bits per heavy atom. The molecule has 0 spiro atoms. The molecule has 0 amide bonds. The molecule has 0 aromatic heterocycles. The van der Waals surface area contributed by atoms with Crippen LogP contribution in [0.3, 0.4) is 0 Å². The summed E-state index contributed by atoms with van der Waals surface area (Å²) in [5.74, 6) is 1.60. The molecule has 1 fully saturated rings. The second-order valence-corrected chi connectivity index (χ2v) is 9.04. The quantitative estimate of drug-likeness (QED) is 0.275. The number of likely N-dealkylation sites (tertiary alicyclic amines) is 1. The highest BCUT2D eigenvalue weighted by atomic mass is 16.5. The molecule has 1 aliphatic rings. The van der Waals surface area contributed by atoms with E-state index in [1.807, 2.05) is 78.9 Å². The molecule has 1 aliphatic heterocycles. The first kappa shape index (κ1) is 23.1. The first-order valence-corrected chi connectivity index (χ1v) is 12.4. The summed E-state index contributed by atoms with van der Waals surface area (Å²) >= 11 is 0. The molecular formula is C31H31NO3. The van der Waals surface area contributed by atoms with Crippen molar-refractivity contribution in [2.75, 3.05) is 33.4 Å². The van der Waals surface area contributed by atoms with E-state index < -0.39 is 0 Å². The summed E-state index contributed by atoms with van der Waals surface area (Å²) in [5, 5.41) is 2.00. The van der Waals surface area contributed by atoms with Crippen LogP contribution in [0.4, 0.5) is 0 Å². The van der Waals surface area contributed by atoms with E-state index in [1.165, 1.54) is 32.4 Å². The first-order chi connectivity index (χ1) is 17.2. The number of carbonyl (C=O) groups is 1. The van der Waals surface area contributed by atoms with Crippen molar-refractivity contribution in [2.24, 2.45) is 0 Å². The first-order valence-electron chi connectivity index (χ1n) is 12.4. The van der Waals surface area contributed by atoms with Gasteiger partial charge in [0.15, 0.2) is 5.78 Å². The van der Waals surface area contributed by atoms with Crippen molar-refractivity contribution < 1.29 is 14.3 Å². The molecule has 4 nitrogen and oxygen atoms in total. The molecule has 0 bridgehead atoms. The predicted octanol–water partition coefficient (Wildman–Crippen LogP) is 6.61. The van der Waals surface area contributed by atoms with Crippen LogP contribution in [0.5, 0.6) is 11.5 Å². The van der Waals surface area contributed by atoms with E-state index in [1.54, 1.807) is 7.11 Å². The van der Waals surface area contributed by atoms with E-state index in [0.717, 1.165) is 39.9 Å². The van der Waals surface area contributed by atoms with Gasteiger partial charge in [-0.2, -0.15) is 0 Å². The number of methoxy groups -OCH3 is 1. The van der Waals surface area contributed by atoms with Gasteiger partial charge in [0.05, 0.1) is 7.11 Å². The van der Waals surface area contributed by atoms with Crippen LogP contribution in [0, 0.1) is 0 Å². The molecule has 0 saturated carbocycles. The lowest BCUT2D eigenvalue weighted by molar-refractivity contribution is 0.104. The zero-order chi connectivity index (χ0) is 24.0. The lowest BCUT2D eigenvalue weighted by Gasteiger charge is -2.26. The molecule has 4 aromatic carbocycles. The molecule has 0 unspecified atom stereocenters. The third kappa shape index (κ3) is 5.23. The third-order valence-corrected chi connectivity index (χ3v) is 6.80. The maximum atomic E-state index is 13.8. The fraction of sp³-hybridized carbons (Fsp3) is 0.258. The lowest BCUT2D eigenvalue weighted by Crippen LogP contribution is -2.33. The van der Waals surface area contributed by atoms with Crippen LogP contribution in [0.1, 0.15) is 35.2 Å². The standard InChI is InChI=1S/C31H31NO3/c1-34-26-14-9-24(10-15-26)29-18-13-23-7-3-4-8-28(23)30(29)31(33)25-11-16-27(17-12-25)35-22-21-32-19-5-2-6-20-32/h3-4,7-18H,2,5-6,19-22H2,1H3. The molecule has 0 N–H and O–H groups in total. The second-order valence-electron chi connectivity index (χ2n) is 9.04. The van der Waals surface area contributed by atoms with Crippen LogP contribution in [0.2, 0.25) is 0 Å². The minimum absolute atomic E-state index is 0.00693. The SMILES string of the molecule is COc1ccc(-c2ccc3ccccc3c2C(=O)c2ccc(OCCN3CCCCC3)cc2)cc1. The molecule has 1 saturated heterocycles. The monoisotopic (exact) mass is 465 g/mol. The Hall–Kier alpha value is -3.63. The largest absolute Gasteiger partial charge is 0.497 e. The van der Waals surface area contributed by atoms with Gasteiger partial charge in [0.25, 0.3) is 0 Å². The smallest absolute Gasteiger partial charge is 0.194 e. The molecule has 0 aliphatic carbocycles. The van der Waals surface area contributed by atoms with Crippen molar-refractivity contribution in [3.63, 3.8) is 0 Å². The maximum absolute atomic E-state index is 13.8. The van der Waals surface area contributed by atoms with Gasteiger partial charge in [0.1, 0.15) is 18.1 Å². The summed E-state index contributed by atoms with van der Waals surface area (Å²) < 4.78 is 11.3. The van der Waals surface area contributed by atoms with Gasteiger partial charge in [-0.3, -0.25) is 9.69 Å². The molecule has 1 heterocycles. The number of nitrogens with zero attached hydrogens (tertiary/aromatic N) is 1. The average molecular weight is 466 g/mol. The van der Waals surface area contributed by atoms with Gasteiger partial charge in [-0.05, 0) is 84.2 Å². The Labute approximate surface area is 207 Å². The zero-order valence-electron chi connectivity index (χ0n) is 20.2. The van der Waals surface area contributed by atoms with Gasteiger partial charge < -0.3 is 9.47 Å². The number of hydrogen-bond acceptors (Lipinski definition) is 4. The summed E-state index contributed by atoms with van der Waals surface area (Å²) in [7, 11) is 1.65. The van der Waals surface area contributed by atoms with E-state index in [0.29, 0.717) is 17.7 Å².